The lowest BCUT2D eigenvalue weighted by Crippen LogP contribution is -2.38. The summed E-state index contributed by atoms with van der Waals surface area (Å²) in [5.41, 5.74) is 0.275. The van der Waals surface area contributed by atoms with E-state index in [4.69, 9.17) is 21.6 Å². The summed E-state index contributed by atoms with van der Waals surface area (Å²) >= 11 is 7.19. The first-order valence-corrected chi connectivity index (χ1v) is 9.33. The second-order valence-corrected chi connectivity index (χ2v) is 7.13. The maximum absolute atomic E-state index is 12.5. The number of amides is 1. The summed E-state index contributed by atoms with van der Waals surface area (Å²) in [4.78, 5) is 31.3. The number of esters is 1. The number of aromatic nitrogens is 1. The van der Waals surface area contributed by atoms with E-state index < -0.39 is 12.1 Å². The third-order valence-corrected chi connectivity index (χ3v) is 4.86. The van der Waals surface area contributed by atoms with E-state index in [2.05, 4.69) is 4.98 Å². The van der Waals surface area contributed by atoms with Crippen LogP contribution in [0.5, 0.6) is 0 Å². The predicted molar refractivity (Wildman–Crippen MR) is 103 cm³/mol. The number of carbonyl (C=O) groups excluding carboxylic acids is 2. The molecule has 0 saturated heterocycles. The Morgan fingerprint density at radius 3 is 2.70 bits per heavy atom. The molecular weight excluding hydrogens is 386 g/mol. The minimum absolute atomic E-state index is 0.216. The van der Waals surface area contributed by atoms with Crippen molar-refractivity contribution < 1.29 is 14.3 Å². The van der Waals surface area contributed by atoms with E-state index >= 15 is 0 Å². The van der Waals surface area contributed by atoms with Gasteiger partial charge in [0, 0.05) is 29.7 Å². The molecule has 1 aromatic heterocycles. The van der Waals surface area contributed by atoms with Crippen LogP contribution in [0.25, 0.3) is 0 Å². The first-order valence-electron chi connectivity index (χ1n) is 8.13. The largest absolute Gasteiger partial charge is 0.449 e. The lowest BCUT2D eigenvalue weighted by atomic mass is 10.3. The van der Waals surface area contributed by atoms with Crippen molar-refractivity contribution in [3.8, 4) is 6.07 Å². The summed E-state index contributed by atoms with van der Waals surface area (Å²) in [7, 11) is 1.57. The molecule has 0 saturated carbocycles. The summed E-state index contributed by atoms with van der Waals surface area (Å²) < 4.78 is 5.31. The zero-order chi connectivity index (χ0) is 19.8. The van der Waals surface area contributed by atoms with Crippen LogP contribution in [-0.2, 0) is 9.53 Å². The zero-order valence-corrected chi connectivity index (χ0v) is 16.5. The number of hydrogen-bond acceptors (Lipinski definition) is 6. The molecule has 1 atom stereocenters. The molecule has 0 unspecified atom stereocenters. The van der Waals surface area contributed by atoms with E-state index in [1.165, 1.54) is 23.6 Å². The molecule has 0 aliphatic carbocycles. The van der Waals surface area contributed by atoms with Gasteiger partial charge in [0.2, 0.25) is 0 Å². The molecule has 1 amide bonds. The normalized spacial score (nSPS) is 11.3. The van der Waals surface area contributed by atoms with E-state index in [0.29, 0.717) is 10.0 Å². The van der Waals surface area contributed by atoms with Crippen LogP contribution < -0.4 is 0 Å². The SMILES string of the molecule is C[C@@H](OC(=O)c1cccnc1Sc1ccc(Cl)cc1)C(=O)N(C)CCC#N. The Balaban J connectivity index is 2.09. The van der Waals surface area contributed by atoms with E-state index in [-0.39, 0.29) is 24.4 Å². The number of ether oxygens (including phenoxy) is 1. The molecule has 0 aliphatic rings. The van der Waals surface area contributed by atoms with Gasteiger partial charge in [-0.1, -0.05) is 23.4 Å². The Bertz CT molecular complexity index is 852. The lowest BCUT2D eigenvalue weighted by molar-refractivity contribution is -0.138. The van der Waals surface area contributed by atoms with Crippen LogP contribution in [-0.4, -0.2) is 41.5 Å². The molecule has 2 aromatic rings. The number of nitrogens with zero attached hydrogens (tertiary/aromatic N) is 3. The standard InChI is InChI=1S/C19H18ClN3O3S/c1-13(18(24)23(2)12-4-10-21)26-19(25)16-5-3-11-22-17(16)27-15-8-6-14(20)7-9-15/h3,5-9,11,13H,4,12H2,1-2H3/t13-/m1/s1. The number of rotatable bonds is 7. The van der Waals surface area contributed by atoms with Crippen LogP contribution in [0.1, 0.15) is 23.7 Å². The van der Waals surface area contributed by atoms with Gasteiger partial charge < -0.3 is 9.64 Å². The van der Waals surface area contributed by atoms with Crippen molar-refractivity contribution in [2.45, 2.75) is 29.4 Å². The molecule has 1 heterocycles. The average Bonchev–Trinajstić information content (AvgIpc) is 2.67. The second-order valence-electron chi connectivity index (χ2n) is 5.63. The van der Waals surface area contributed by atoms with Gasteiger partial charge in [-0.15, -0.1) is 0 Å². The number of hydrogen-bond donors (Lipinski definition) is 0. The number of nitriles is 1. The number of pyridine rings is 1. The van der Waals surface area contributed by atoms with Crippen LogP contribution in [0.4, 0.5) is 0 Å². The van der Waals surface area contributed by atoms with E-state index in [9.17, 15) is 9.59 Å². The van der Waals surface area contributed by atoms with Crippen LogP contribution >= 0.6 is 23.4 Å². The molecule has 0 bridgehead atoms. The number of benzene rings is 1. The van der Waals surface area contributed by atoms with Crippen molar-refractivity contribution in [1.29, 1.82) is 5.26 Å². The summed E-state index contributed by atoms with van der Waals surface area (Å²) in [6, 6.07) is 12.4. The third kappa shape index (κ3) is 5.98. The third-order valence-electron chi connectivity index (χ3n) is 3.59. The highest BCUT2D eigenvalue weighted by atomic mass is 35.5. The maximum Gasteiger partial charge on any atom is 0.341 e. The van der Waals surface area contributed by atoms with Crippen molar-refractivity contribution in [3.63, 3.8) is 0 Å². The summed E-state index contributed by atoms with van der Waals surface area (Å²) in [5, 5.41) is 9.70. The topological polar surface area (TPSA) is 83.3 Å². The van der Waals surface area contributed by atoms with Crippen molar-refractivity contribution in [2.75, 3.05) is 13.6 Å². The number of halogens is 1. The van der Waals surface area contributed by atoms with Gasteiger partial charge >= 0.3 is 5.97 Å². The first kappa shape index (κ1) is 20.7. The molecule has 0 fully saturated rings. The highest BCUT2D eigenvalue weighted by Crippen LogP contribution is 2.30. The minimum atomic E-state index is -0.963. The molecule has 0 aliphatic heterocycles. The number of carbonyl (C=O) groups is 2. The van der Waals surface area contributed by atoms with Crippen molar-refractivity contribution >= 4 is 35.2 Å². The fraction of sp³-hybridized carbons (Fsp3) is 0.263. The van der Waals surface area contributed by atoms with Crippen LogP contribution in [0.15, 0.2) is 52.5 Å². The monoisotopic (exact) mass is 403 g/mol. The van der Waals surface area contributed by atoms with Crippen molar-refractivity contribution in [2.24, 2.45) is 0 Å². The van der Waals surface area contributed by atoms with E-state index in [1.807, 2.05) is 18.2 Å². The second kappa shape index (κ2) is 9.95. The Hall–Kier alpha value is -2.56. The highest BCUT2D eigenvalue weighted by molar-refractivity contribution is 7.99. The van der Waals surface area contributed by atoms with Gasteiger partial charge in [0.05, 0.1) is 18.1 Å². The molecule has 1 aromatic carbocycles. The fourth-order valence-electron chi connectivity index (χ4n) is 2.15. The Labute approximate surface area is 167 Å². The van der Waals surface area contributed by atoms with Gasteiger partial charge in [-0.05, 0) is 43.3 Å². The van der Waals surface area contributed by atoms with Crippen molar-refractivity contribution in [1.82, 2.24) is 9.88 Å². The van der Waals surface area contributed by atoms with Crippen LogP contribution in [0, 0.1) is 11.3 Å². The van der Waals surface area contributed by atoms with E-state index in [0.717, 1.165) is 4.90 Å². The van der Waals surface area contributed by atoms with Gasteiger partial charge in [0.15, 0.2) is 6.10 Å². The molecule has 27 heavy (non-hydrogen) atoms. The Morgan fingerprint density at radius 2 is 2.04 bits per heavy atom. The molecule has 2 rings (SSSR count). The van der Waals surface area contributed by atoms with Gasteiger partial charge in [0.25, 0.3) is 5.91 Å². The summed E-state index contributed by atoms with van der Waals surface area (Å²) in [6.45, 7) is 1.78. The van der Waals surface area contributed by atoms with Gasteiger partial charge in [0.1, 0.15) is 5.03 Å². The smallest absolute Gasteiger partial charge is 0.341 e. The molecule has 0 radical (unpaired) electrons. The Kier molecular flexibility index (Phi) is 7.65. The maximum atomic E-state index is 12.5. The molecule has 6 nitrogen and oxygen atoms in total. The van der Waals surface area contributed by atoms with Gasteiger partial charge in [-0.2, -0.15) is 5.26 Å². The van der Waals surface area contributed by atoms with Crippen molar-refractivity contribution in [3.05, 3.63) is 53.2 Å². The van der Waals surface area contributed by atoms with Gasteiger partial charge in [-0.25, -0.2) is 9.78 Å². The van der Waals surface area contributed by atoms with E-state index in [1.54, 1.807) is 37.5 Å². The van der Waals surface area contributed by atoms with Crippen LogP contribution in [0.3, 0.4) is 0 Å². The molecule has 8 heteroatoms. The fourth-order valence-corrected chi connectivity index (χ4v) is 3.15. The first-order chi connectivity index (χ1) is 12.9. The zero-order valence-electron chi connectivity index (χ0n) is 14.9. The quantitative estimate of drug-likeness (QED) is 0.654. The van der Waals surface area contributed by atoms with Gasteiger partial charge in [-0.3, -0.25) is 4.79 Å². The molecule has 0 spiro atoms. The van der Waals surface area contributed by atoms with Crippen LogP contribution in [0.2, 0.25) is 5.02 Å². The predicted octanol–water partition coefficient (Wildman–Crippen LogP) is 3.80. The summed E-state index contributed by atoms with van der Waals surface area (Å²) in [5.74, 6) is -0.997. The Morgan fingerprint density at radius 1 is 1.33 bits per heavy atom. The molecule has 0 N–H and O–H groups in total. The summed E-state index contributed by atoms with van der Waals surface area (Å²) in [6.07, 6.45) is 0.835. The highest BCUT2D eigenvalue weighted by Gasteiger charge is 2.24. The minimum Gasteiger partial charge on any atom is -0.449 e. The molecular formula is C19H18ClN3O3S. The lowest BCUT2D eigenvalue weighted by Gasteiger charge is -2.20. The number of likely N-dealkylation sites (N-methyl/N-ethyl adjacent to an activating group) is 1. The average molecular weight is 404 g/mol. The molecule has 140 valence electrons.